The third-order valence-corrected chi connectivity index (χ3v) is 5.57. The Bertz CT molecular complexity index is 1030. The second-order valence-corrected chi connectivity index (χ2v) is 7.75. The second-order valence-electron chi connectivity index (χ2n) is 7.75. The molecule has 0 bridgehead atoms. The van der Waals surface area contributed by atoms with Crippen molar-refractivity contribution >= 4 is 5.91 Å². The Kier molecular flexibility index (Phi) is 5.43. The zero-order valence-electron chi connectivity index (χ0n) is 17.2. The maximum atomic E-state index is 13.3. The van der Waals surface area contributed by atoms with Crippen LogP contribution < -0.4 is 0 Å². The quantitative estimate of drug-likeness (QED) is 0.662. The van der Waals surface area contributed by atoms with Gasteiger partial charge in [-0.2, -0.15) is 0 Å². The average molecular weight is 390 g/mol. The Hall–Kier alpha value is -3.02. The number of amides is 1. The number of benzene rings is 1. The fourth-order valence-corrected chi connectivity index (χ4v) is 4.01. The highest BCUT2D eigenvalue weighted by molar-refractivity contribution is 5.80. The summed E-state index contributed by atoms with van der Waals surface area (Å²) < 4.78 is 5.50. The van der Waals surface area contributed by atoms with Crippen molar-refractivity contribution < 1.29 is 9.32 Å². The van der Waals surface area contributed by atoms with E-state index in [0.29, 0.717) is 18.0 Å². The van der Waals surface area contributed by atoms with E-state index in [2.05, 4.69) is 23.1 Å². The van der Waals surface area contributed by atoms with Crippen LogP contribution in [0.3, 0.4) is 0 Å². The molecule has 3 aromatic rings. The minimum atomic E-state index is -0.0811. The van der Waals surface area contributed by atoms with Crippen LogP contribution in [0.15, 0.2) is 41.1 Å². The fourth-order valence-electron chi connectivity index (χ4n) is 4.01. The number of likely N-dealkylation sites (tertiary alicyclic amines) is 1. The molecule has 1 aromatic carbocycles. The van der Waals surface area contributed by atoms with E-state index in [4.69, 9.17) is 9.51 Å². The summed E-state index contributed by atoms with van der Waals surface area (Å²) in [5, 5.41) is 4.01. The predicted molar refractivity (Wildman–Crippen MR) is 110 cm³/mol. The van der Waals surface area contributed by atoms with Gasteiger partial charge >= 0.3 is 0 Å². The van der Waals surface area contributed by atoms with Gasteiger partial charge in [-0.3, -0.25) is 4.79 Å². The number of hydrogen-bond donors (Lipinski definition) is 0. The molecule has 0 saturated carbocycles. The van der Waals surface area contributed by atoms with Crippen molar-refractivity contribution in [3.8, 4) is 11.3 Å². The molecule has 0 spiro atoms. The first-order chi connectivity index (χ1) is 14.0. The van der Waals surface area contributed by atoms with Crippen LogP contribution >= 0.6 is 0 Å². The minimum absolute atomic E-state index is 0.0811. The second kappa shape index (κ2) is 8.15. The smallest absolute Gasteiger partial charge is 0.227 e. The third kappa shape index (κ3) is 4.06. The molecule has 150 valence electrons. The minimum Gasteiger partial charge on any atom is -0.356 e. The summed E-state index contributed by atoms with van der Waals surface area (Å²) in [6.45, 7) is 6.56. The Morgan fingerprint density at radius 1 is 1.21 bits per heavy atom. The SMILES string of the molecule is Cc1cc(-c2cnc(C)nc2[C@@H]2CCCCN2C(=O)Cc2ccccc2C)on1. The van der Waals surface area contributed by atoms with Crippen molar-refractivity contribution in [2.24, 2.45) is 0 Å². The van der Waals surface area contributed by atoms with Crippen LogP contribution in [0.1, 0.15) is 53.6 Å². The van der Waals surface area contributed by atoms with Gasteiger partial charge in [0.25, 0.3) is 0 Å². The highest BCUT2D eigenvalue weighted by Crippen LogP contribution is 2.36. The summed E-state index contributed by atoms with van der Waals surface area (Å²) in [7, 11) is 0. The molecule has 1 atom stereocenters. The number of rotatable bonds is 4. The van der Waals surface area contributed by atoms with E-state index in [1.165, 1.54) is 0 Å². The lowest BCUT2D eigenvalue weighted by Crippen LogP contribution is -2.40. The molecule has 1 amide bonds. The summed E-state index contributed by atoms with van der Waals surface area (Å²) in [4.78, 5) is 24.4. The first kappa shape index (κ1) is 19.3. The van der Waals surface area contributed by atoms with Gasteiger partial charge in [0.2, 0.25) is 5.91 Å². The summed E-state index contributed by atoms with van der Waals surface area (Å²) in [6.07, 6.45) is 5.16. The molecule has 6 nitrogen and oxygen atoms in total. The van der Waals surface area contributed by atoms with Crippen LogP contribution in [0.4, 0.5) is 0 Å². The Labute approximate surface area is 171 Å². The highest BCUT2D eigenvalue weighted by atomic mass is 16.5. The lowest BCUT2D eigenvalue weighted by atomic mass is 9.94. The van der Waals surface area contributed by atoms with Gasteiger partial charge in [0.15, 0.2) is 5.76 Å². The maximum absolute atomic E-state index is 13.3. The number of aryl methyl sites for hydroxylation is 3. The van der Waals surface area contributed by atoms with E-state index in [0.717, 1.165) is 53.9 Å². The molecule has 2 aromatic heterocycles. The highest BCUT2D eigenvalue weighted by Gasteiger charge is 2.32. The van der Waals surface area contributed by atoms with E-state index in [9.17, 15) is 4.79 Å². The van der Waals surface area contributed by atoms with E-state index < -0.39 is 0 Å². The molecule has 0 unspecified atom stereocenters. The molecule has 0 radical (unpaired) electrons. The molecule has 1 fully saturated rings. The summed E-state index contributed by atoms with van der Waals surface area (Å²) in [6, 6.07) is 9.88. The van der Waals surface area contributed by atoms with Gasteiger partial charge in [-0.05, 0) is 51.2 Å². The van der Waals surface area contributed by atoms with Crippen molar-refractivity contribution in [2.75, 3.05) is 6.54 Å². The van der Waals surface area contributed by atoms with Crippen molar-refractivity contribution in [1.29, 1.82) is 0 Å². The van der Waals surface area contributed by atoms with E-state index in [-0.39, 0.29) is 11.9 Å². The lowest BCUT2D eigenvalue weighted by Gasteiger charge is -2.36. The van der Waals surface area contributed by atoms with E-state index in [1.807, 2.05) is 43.0 Å². The van der Waals surface area contributed by atoms with Crippen LogP contribution in [-0.4, -0.2) is 32.5 Å². The molecular weight excluding hydrogens is 364 g/mol. The van der Waals surface area contributed by atoms with Gasteiger partial charge in [0.05, 0.1) is 29.4 Å². The van der Waals surface area contributed by atoms with Crippen LogP contribution in [0.5, 0.6) is 0 Å². The summed E-state index contributed by atoms with van der Waals surface area (Å²) in [5.41, 5.74) is 4.70. The average Bonchev–Trinajstić information content (AvgIpc) is 3.15. The maximum Gasteiger partial charge on any atom is 0.227 e. The molecule has 6 heteroatoms. The van der Waals surface area contributed by atoms with Gasteiger partial charge < -0.3 is 9.42 Å². The fraction of sp³-hybridized carbons (Fsp3) is 0.391. The zero-order valence-corrected chi connectivity index (χ0v) is 17.2. The lowest BCUT2D eigenvalue weighted by molar-refractivity contribution is -0.134. The van der Waals surface area contributed by atoms with Crippen LogP contribution in [-0.2, 0) is 11.2 Å². The number of nitrogens with zero attached hydrogens (tertiary/aromatic N) is 4. The summed E-state index contributed by atoms with van der Waals surface area (Å²) >= 11 is 0. The largest absolute Gasteiger partial charge is 0.356 e. The topological polar surface area (TPSA) is 72.1 Å². The van der Waals surface area contributed by atoms with Crippen molar-refractivity contribution in [2.45, 2.75) is 52.5 Å². The van der Waals surface area contributed by atoms with Gasteiger partial charge in [-0.15, -0.1) is 0 Å². The van der Waals surface area contributed by atoms with Crippen molar-refractivity contribution in [3.63, 3.8) is 0 Å². The number of carbonyl (C=O) groups excluding carboxylic acids is 1. The number of aromatic nitrogens is 3. The number of hydrogen-bond acceptors (Lipinski definition) is 5. The predicted octanol–water partition coefficient (Wildman–Crippen LogP) is 4.35. The first-order valence-electron chi connectivity index (χ1n) is 10.1. The van der Waals surface area contributed by atoms with Crippen LogP contribution in [0, 0.1) is 20.8 Å². The normalized spacial score (nSPS) is 16.8. The number of carbonyl (C=O) groups is 1. The van der Waals surface area contributed by atoms with E-state index >= 15 is 0 Å². The molecule has 29 heavy (non-hydrogen) atoms. The Morgan fingerprint density at radius 3 is 2.79 bits per heavy atom. The first-order valence-corrected chi connectivity index (χ1v) is 10.1. The van der Waals surface area contributed by atoms with Gasteiger partial charge in [-0.25, -0.2) is 9.97 Å². The zero-order chi connectivity index (χ0) is 20.4. The number of piperidine rings is 1. The molecule has 3 heterocycles. The van der Waals surface area contributed by atoms with Crippen molar-refractivity contribution in [1.82, 2.24) is 20.0 Å². The standard InChI is InChI=1S/C23H26N4O2/c1-15-8-4-5-9-18(15)13-22(28)27-11-7-6-10-20(27)23-19(14-24-17(3)25-23)21-12-16(2)26-29-21/h4-5,8-9,12,14,20H,6-7,10-11,13H2,1-3H3/t20-/m0/s1. The van der Waals surface area contributed by atoms with Crippen LogP contribution in [0.2, 0.25) is 0 Å². The van der Waals surface area contributed by atoms with Gasteiger partial charge in [-0.1, -0.05) is 29.4 Å². The van der Waals surface area contributed by atoms with Gasteiger partial charge in [0, 0.05) is 18.8 Å². The molecule has 0 aliphatic carbocycles. The van der Waals surface area contributed by atoms with Crippen molar-refractivity contribution in [3.05, 3.63) is 64.9 Å². The molecule has 1 aliphatic heterocycles. The third-order valence-electron chi connectivity index (χ3n) is 5.57. The molecule has 4 rings (SSSR count). The van der Waals surface area contributed by atoms with E-state index in [1.54, 1.807) is 6.20 Å². The Morgan fingerprint density at radius 2 is 2.03 bits per heavy atom. The molecule has 1 aliphatic rings. The molecular formula is C23H26N4O2. The summed E-state index contributed by atoms with van der Waals surface area (Å²) in [5.74, 6) is 1.48. The Balaban J connectivity index is 1.68. The molecule has 0 N–H and O–H groups in total. The monoisotopic (exact) mass is 390 g/mol. The van der Waals surface area contributed by atoms with Crippen LogP contribution in [0.25, 0.3) is 11.3 Å². The van der Waals surface area contributed by atoms with Gasteiger partial charge in [0.1, 0.15) is 5.82 Å². The molecule has 1 saturated heterocycles.